The Bertz CT molecular complexity index is 475. The maximum Gasteiger partial charge on any atom is 0.167 e. The third kappa shape index (κ3) is 1.88. The van der Waals surface area contributed by atoms with Gasteiger partial charge in [0, 0.05) is 11.9 Å². The van der Waals surface area contributed by atoms with Crippen molar-refractivity contribution in [3.63, 3.8) is 0 Å². The number of ether oxygens (including phenoxy) is 1. The van der Waals surface area contributed by atoms with Crippen molar-refractivity contribution in [2.75, 3.05) is 13.1 Å². The van der Waals surface area contributed by atoms with Crippen molar-refractivity contribution in [2.45, 2.75) is 18.9 Å². The van der Waals surface area contributed by atoms with E-state index in [1.165, 1.54) is 6.42 Å². The summed E-state index contributed by atoms with van der Waals surface area (Å²) in [6, 6.07) is 5.80. The summed E-state index contributed by atoms with van der Waals surface area (Å²) >= 11 is 0. The Labute approximate surface area is 93.6 Å². The molecule has 1 fully saturated rings. The van der Waals surface area contributed by atoms with Crippen molar-refractivity contribution in [1.82, 2.24) is 10.5 Å². The molecule has 0 bridgehead atoms. The number of piperidine rings is 1. The summed E-state index contributed by atoms with van der Waals surface area (Å²) in [6.07, 6.45) is 4.29. The second-order valence-electron chi connectivity index (χ2n) is 4.11. The molecule has 0 spiro atoms. The SMILES string of the molecule is c1cc2oncc2cc1OC1CCCNC1. The van der Waals surface area contributed by atoms with Crippen LogP contribution in [0, 0.1) is 0 Å². The first-order chi connectivity index (χ1) is 7.92. The molecule has 2 aromatic rings. The number of benzene rings is 1. The van der Waals surface area contributed by atoms with Gasteiger partial charge in [0.15, 0.2) is 5.58 Å². The predicted molar refractivity (Wildman–Crippen MR) is 60.5 cm³/mol. The van der Waals surface area contributed by atoms with E-state index in [4.69, 9.17) is 9.26 Å². The molecule has 1 aliphatic rings. The van der Waals surface area contributed by atoms with E-state index in [0.29, 0.717) is 0 Å². The zero-order valence-corrected chi connectivity index (χ0v) is 8.98. The summed E-state index contributed by atoms with van der Waals surface area (Å²) in [7, 11) is 0. The van der Waals surface area contributed by atoms with Crippen LogP contribution in [0.15, 0.2) is 28.9 Å². The predicted octanol–water partition coefficient (Wildman–Crippen LogP) is 1.96. The molecular weight excluding hydrogens is 204 g/mol. The summed E-state index contributed by atoms with van der Waals surface area (Å²) in [5.74, 6) is 0.893. The molecule has 1 saturated heterocycles. The minimum absolute atomic E-state index is 0.283. The third-order valence-electron chi connectivity index (χ3n) is 2.88. The molecule has 0 aliphatic carbocycles. The van der Waals surface area contributed by atoms with E-state index in [-0.39, 0.29) is 6.10 Å². The van der Waals surface area contributed by atoms with Gasteiger partial charge in [0.05, 0.1) is 6.20 Å². The molecule has 1 aliphatic heterocycles. The largest absolute Gasteiger partial charge is 0.489 e. The Hall–Kier alpha value is -1.55. The zero-order valence-electron chi connectivity index (χ0n) is 8.98. The lowest BCUT2D eigenvalue weighted by atomic mass is 10.1. The van der Waals surface area contributed by atoms with Crippen molar-refractivity contribution in [1.29, 1.82) is 0 Å². The van der Waals surface area contributed by atoms with Gasteiger partial charge in [-0.2, -0.15) is 0 Å². The van der Waals surface area contributed by atoms with E-state index in [1.807, 2.05) is 18.2 Å². The van der Waals surface area contributed by atoms with E-state index in [2.05, 4.69) is 10.5 Å². The quantitative estimate of drug-likeness (QED) is 0.837. The average Bonchev–Trinajstić information content (AvgIpc) is 2.77. The molecule has 0 amide bonds. The van der Waals surface area contributed by atoms with Crippen LogP contribution in [0.4, 0.5) is 0 Å². The topological polar surface area (TPSA) is 47.3 Å². The number of nitrogens with zero attached hydrogens (tertiary/aromatic N) is 1. The van der Waals surface area contributed by atoms with Crippen LogP contribution in [0.1, 0.15) is 12.8 Å². The first kappa shape index (κ1) is 9.66. The van der Waals surface area contributed by atoms with Crippen LogP contribution in [-0.4, -0.2) is 24.4 Å². The number of hydrogen-bond donors (Lipinski definition) is 1. The molecule has 1 aromatic carbocycles. The maximum absolute atomic E-state index is 5.90. The highest BCUT2D eigenvalue weighted by Gasteiger charge is 2.14. The van der Waals surface area contributed by atoms with Gasteiger partial charge in [-0.25, -0.2) is 0 Å². The van der Waals surface area contributed by atoms with Gasteiger partial charge in [-0.05, 0) is 37.6 Å². The van der Waals surface area contributed by atoms with Gasteiger partial charge in [0.2, 0.25) is 0 Å². The van der Waals surface area contributed by atoms with Crippen molar-refractivity contribution >= 4 is 11.0 Å². The molecule has 84 valence electrons. The fourth-order valence-corrected chi connectivity index (χ4v) is 2.04. The first-order valence-corrected chi connectivity index (χ1v) is 5.64. The van der Waals surface area contributed by atoms with Crippen LogP contribution in [0.2, 0.25) is 0 Å². The molecule has 4 heteroatoms. The lowest BCUT2D eigenvalue weighted by molar-refractivity contribution is 0.167. The summed E-state index contributed by atoms with van der Waals surface area (Å²) in [4.78, 5) is 0. The van der Waals surface area contributed by atoms with Crippen LogP contribution in [0.5, 0.6) is 5.75 Å². The minimum Gasteiger partial charge on any atom is -0.489 e. The lowest BCUT2D eigenvalue weighted by Crippen LogP contribution is -2.37. The number of rotatable bonds is 2. The smallest absolute Gasteiger partial charge is 0.167 e. The van der Waals surface area contributed by atoms with Crippen molar-refractivity contribution in [2.24, 2.45) is 0 Å². The molecule has 2 heterocycles. The van der Waals surface area contributed by atoms with Crippen LogP contribution in [0.3, 0.4) is 0 Å². The minimum atomic E-state index is 0.283. The molecule has 16 heavy (non-hydrogen) atoms. The summed E-state index contributed by atoms with van der Waals surface area (Å²) in [5, 5.41) is 8.06. The standard InChI is InChI=1S/C12H14N2O2/c1-2-11(8-13-5-1)15-10-3-4-12-9(6-10)7-14-16-12/h3-4,6-7,11,13H,1-2,5,8H2. The van der Waals surface area contributed by atoms with E-state index < -0.39 is 0 Å². The van der Waals surface area contributed by atoms with Gasteiger partial charge >= 0.3 is 0 Å². The number of fused-ring (bicyclic) bond motifs is 1. The maximum atomic E-state index is 5.90. The second kappa shape index (κ2) is 4.14. The molecule has 1 N–H and O–H groups in total. The van der Waals surface area contributed by atoms with Gasteiger partial charge in [-0.3, -0.25) is 0 Å². The molecule has 1 atom stereocenters. The Morgan fingerprint density at radius 2 is 2.44 bits per heavy atom. The van der Waals surface area contributed by atoms with Gasteiger partial charge in [0.1, 0.15) is 11.9 Å². The highest BCUT2D eigenvalue weighted by Crippen LogP contribution is 2.22. The highest BCUT2D eigenvalue weighted by molar-refractivity contribution is 5.77. The fourth-order valence-electron chi connectivity index (χ4n) is 2.04. The number of hydrogen-bond acceptors (Lipinski definition) is 4. The Morgan fingerprint density at radius 1 is 1.44 bits per heavy atom. The summed E-state index contributed by atoms with van der Waals surface area (Å²) in [6.45, 7) is 2.03. The van der Waals surface area contributed by atoms with Gasteiger partial charge < -0.3 is 14.6 Å². The summed E-state index contributed by atoms with van der Waals surface area (Å²) in [5.41, 5.74) is 0.800. The van der Waals surface area contributed by atoms with Crippen LogP contribution in [-0.2, 0) is 0 Å². The normalized spacial score (nSPS) is 21.1. The zero-order chi connectivity index (χ0) is 10.8. The van der Waals surface area contributed by atoms with Crippen molar-refractivity contribution in [3.05, 3.63) is 24.4 Å². The van der Waals surface area contributed by atoms with Gasteiger partial charge in [-0.1, -0.05) is 5.16 Å². The molecule has 1 unspecified atom stereocenters. The van der Waals surface area contributed by atoms with E-state index in [9.17, 15) is 0 Å². The average molecular weight is 218 g/mol. The van der Waals surface area contributed by atoms with Crippen LogP contribution in [0.25, 0.3) is 11.0 Å². The monoisotopic (exact) mass is 218 g/mol. The molecule has 0 saturated carbocycles. The van der Waals surface area contributed by atoms with E-state index in [0.717, 1.165) is 36.2 Å². The second-order valence-corrected chi connectivity index (χ2v) is 4.11. The Balaban J connectivity index is 1.77. The number of nitrogens with one attached hydrogen (secondary N) is 1. The van der Waals surface area contributed by atoms with Gasteiger partial charge in [-0.15, -0.1) is 0 Å². The van der Waals surface area contributed by atoms with Crippen molar-refractivity contribution in [3.8, 4) is 5.75 Å². The van der Waals surface area contributed by atoms with E-state index >= 15 is 0 Å². The van der Waals surface area contributed by atoms with E-state index in [1.54, 1.807) is 6.20 Å². The summed E-state index contributed by atoms with van der Waals surface area (Å²) < 4.78 is 10.9. The van der Waals surface area contributed by atoms with Crippen LogP contribution < -0.4 is 10.1 Å². The Kier molecular flexibility index (Phi) is 2.50. The number of aromatic nitrogens is 1. The fraction of sp³-hybridized carbons (Fsp3) is 0.417. The van der Waals surface area contributed by atoms with Gasteiger partial charge in [0.25, 0.3) is 0 Å². The lowest BCUT2D eigenvalue weighted by Gasteiger charge is -2.23. The molecular formula is C12H14N2O2. The van der Waals surface area contributed by atoms with Crippen LogP contribution >= 0.6 is 0 Å². The molecule has 4 nitrogen and oxygen atoms in total. The molecule has 3 rings (SSSR count). The first-order valence-electron chi connectivity index (χ1n) is 5.64. The highest BCUT2D eigenvalue weighted by atomic mass is 16.5. The molecule has 0 radical (unpaired) electrons. The molecule has 1 aromatic heterocycles. The van der Waals surface area contributed by atoms with Crippen molar-refractivity contribution < 1.29 is 9.26 Å². The Morgan fingerprint density at radius 3 is 3.31 bits per heavy atom. The third-order valence-corrected chi connectivity index (χ3v) is 2.88.